The zero-order valence-electron chi connectivity index (χ0n) is 21.6. The third-order valence-corrected chi connectivity index (χ3v) is 7.18. The highest BCUT2D eigenvalue weighted by Gasteiger charge is 2.39. The van der Waals surface area contributed by atoms with E-state index in [1.165, 1.54) is 54.7 Å². The number of likely N-dealkylation sites (tertiary alicyclic amines) is 1. The van der Waals surface area contributed by atoms with E-state index in [1.54, 1.807) is 4.90 Å². The maximum atomic E-state index is 13.8. The average molecular weight is 533 g/mol. The molecule has 0 spiro atoms. The van der Waals surface area contributed by atoms with Gasteiger partial charge in [-0.1, -0.05) is 59.4 Å². The first kappa shape index (κ1) is 26.6. The lowest BCUT2D eigenvalue weighted by atomic mass is 9.84. The molecule has 1 fully saturated rings. The summed E-state index contributed by atoms with van der Waals surface area (Å²) in [5, 5.41) is 20.6. The maximum Gasteiger partial charge on any atom is 0.362 e. The topological polar surface area (TPSA) is 80.5 Å². The number of aliphatic hydroxyl groups is 1. The van der Waals surface area contributed by atoms with E-state index < -0.39 is 23.3 Å². The van der Waals surface area contributed by atoms with Crippen LogP contribution in [-0.2, 0) is 16.8 Å². The summed E-state index contributed by atoms with van der Waals surface area (Å²) in [5.74, 6) is -0.949. The zero-order valence-corrected chi connectivity index (χ0v) is 21.6. The van der Waals surface area contributed by atoms with Crippen LogP contribution in [-0.4, -0.2) is 56.3 Å². The third-order valence-electron chi connectivity index (χ3n) is 7.18. The minimum Gasteiger partial charge on any atom is -0.377 e. The van der Waals surface area contributed by atoms with Crippen molar-refractivity contribution >= 4 is 6.03 Å². The van der Waals surface area contributed by atoms with Crippen molar-refractivity contribution in [2.45, 2.75) is 43.9 Å². The Bertz CT molecular complexity index is 1350. The lowest BCUT2D eigenvalue weighted by Crippen LogP contribution is -2.52. The van der Waals surface area contributed by atoms with Gasteiger partial charge >= 0.3 is 6.03 Å². The van der Waals surface area contributed by atoms with E-state index in [9.17, 15) is 18.7 Å². The van der Waals surface area contributed by atoms with Crippen LogP contribution in [0.25, 0.3) is 0 Å². The standard InChI is InChI=1S/C30H30F2N4O3/c1-2-39-27-17-16-26(18-21-6-4-3-5-7-21)35(20-27)29(37)36-33-19-28(34-36)30(38,22-8-12-24(31)13-9-22)23-10-14-25(32)15-11-23/h3-15,19,26-27,38H,2,16-18,20H2,1H3/t26-,27-/m1/s1. The van der Waals surface area contributed by atoms with Gasteiger partial charge in [0.2, 0.25) is 0 Å². The quantitative estimate of drug-likeness (QED) is 0.366. The number of nitrogens with zero attached hydrogens (tertiary/aromatic N) is 4. The molecule has 3 aromatic carbocycles. The van der Waals surface area contributed by atoms with Gasteiger partial charge in [0.15, 0.2) is 5.60 Å². The summed E-state index contributed by atoms with van der Waals surface area (Å²) in [6.45, 7) is 2.86. The Kier molecular flexibility index (Phi) is 7.81. The molecule has 0 aliphatic carbocycles. The number of carbonyl (C=O) groups is 1. The molecule has 7 nitrogen and oxygen atoms in total. The molecule has 5 rings (SSSR count). The van der Waals surface area contributed by atoms with Gasteiger partial charge in [0.05, 0.1) is 12.3 Å². The van der Waals surface area contributed by atoms with Crippen LogP contribution in [0.2, 0.25) is 0 Å². The molecule has 39 heavy (non-hydrogen) atoms. The predicted molar refractivity (Wildman–Crippen MR) is 141 cm³/mol. The second-order valence-corrected chi connectivity index (χ2v) is 9.68. The van der Waals surface area contributed by atoms with E-state index in [4.69, 9.17) is 4.74 Å². The van der Waals surface area contributed by atoms with Crippen molar-refractivity contribution in [3.05, 3.63) is 119 Å². The van der Waals surface area contributed by atoms with Crippen molar-refractivity contribution in [2.75, 3.05) is 13.2 Å². The fourth-order valence-corrected chi connectivity index (χ4v) is 5.18. The van der Waals surface area contributed by atoms with E-state index in [-0.39, 0.29) is 17.8 Å². The van der Waals surface area contributed by atoms with Crippen molar-refractivity contribution in [2.24, 2.45) is 0 Å². The highest BCUT2D eigenvalue weighted by molar-refractivity contribution is 5.75. The normalized spacial score (nSPS) is 17.8. The Morgan fingerprint density at radius 3 is 2.18 bits per heavy atom. The molecule has 1 N–H and O–H groups in total. The van der Waals surface area contributed by atoms with Crippen LogP contribution in [0.3, 0.4) is 0 Å². The fraction of sp³-hybridized carbons (Fsp3) is 0.300. The van der Waals surface area contributed by atoms with Gasteiger partial charge in [-0.15, -0.1) is 5.10 Å². The largest absolute Gasteiger partial charge is 0.377 e. The summed E-state index contributed by atoms with van der Waals surface area (Å²) in [6, 6.07) is 20.0. The van der Waals surface area contributed by atoms with Gasteiger partial charge in [0.25, 0.3) is 0 Å². The molecule has 0 unspecified atom stereocenters. The first-order chi connectivity index (χ1) is 18.9. The second-order valence-electron chi connectivity index (χ2n) is 9.68. The van der Waals surface area contributed by atoms with E-state index in [2.05, 4.69) is 10.2 Å². The van der Waals surface area contributed by atoms with Gasteiger partial charge in [-0.05, 0) is 67.1 Å². The minimum atomic E-state index is -1.90. The molecule has 1 aromatic heterocycles. The number of rotatable bonds is 7. The zero-order chi connectivity index (χ0) is 27.4. The monoisotopic (exact) mass is 532 g/mol. The van der Waals surface area contributed by atoms with Gasteiger partial charge in [0.1, 0.15) is 17.3 Å². The van der Waals surface area contributed by atoms with E-state index >= 15 is 0 Å². The molecule has 2 heterocycles. The maximum absolute atomic E-state index is 13.8. The molecular formula is C30H30F2N4O3. The van der Waals surface area contributed by atoms with Crippen LogP contribution < -0.4 is 0 Å². The molecule has 9 heteroatoms. The molecule has 1 saturated heterocycles. The molecule has 2 atom stereocenters. The molecule has 0 radical (unpaired) electrons. The highest BCUT2D eigenvalue weighted by Crippen LogP contribution is 2.35. The highest BCUT2D eigenvalue weighted by atomic mass is 19.1. The van der Waals surface area contributed by atoms with Crippen LogP contribution >= 0.6 is 0 Å². The molecule has 202 valence electrons. The second kappa shape index (κ2) is 11.4. The first-order valence-electron chi connectivity index (χ1n) is 13.0. The van der Waals surface area contributed by atoms with Crippen molar-refractivity contribution in [3.63, 3.8) is 0 Å². The number of benzene rings is 3. The van der Waals surface area contributed by atoms with Crippen LogP contribution in [0.15, 0.2) is 85.1 Å². The van der Waals surface area contributed by atoms with Crippen LogP contribution in [0.1, 0.15) is 42.1 Å². The van der Waals surface area contributed by atoms with E-state index in [0.29, 0.717) is 30.7 Å². The minimum absolute atomic E-state index is 0.0482. The first-order valence-corrected chi connectivity index (χ1v) is 13.0. The molecule has 1 aliphatic heterocycles. The molecule has 0 saturated carbocycles. The molecule has 4 aromatic rings. The molecular weight excluding hydrogens is 502 g/mol. The van der Waals surface area contributed by atoms with E-state index in [0.717, 1.165) is 23.2 Å². The number of halogens is 2. The Balaban J connectivity index is 1.49. The average Bonchev–Trinajstić information content (AvgIpc) is 3.46. The molecule has 1 aliphatic rings. The third kappa shape index (κ3) is 5.60. The summed E-state index contributed by atoms with van der Waals surface area (Å²) in [4.78, 5) is 16.5. The fourth-order valence-electron chi connectivity index (χ4n) is 5.18. The van der Waals surface area contributed by atoms with Crippen LogP contribution in [0.5, 0.6) is 0 Å². The summed E-state index contributed by atoms with van der Waals surface area (Å²) < 4.78 is 33.3. The summed E-state index contributed by atoms with van der Waals surface area (Å²) in [7, 11) is 0. The number of ether oxygens (including phenoxy) is 1. The van der Waals surface area contributed by atoms with Crippen molar-refractivity contribution in [3.8, 4) is 0 Å². The summed E-state index contributed by atoms with van der Waals surface area (Å²) in [5.41, 5.74) is -0.143. The van der Waals surface area contributed by atoms with Crippen molar-refractivity contribution in [1.29, 1.82) is 0 Å². The number of aromatic nitrogens is 3. The number of carbonyl (C=O) groups excluding carboxylic acids is 1. The summed E-state index contributed by atoms with van der Waals surface area (Å²) in [6.07, 6.45) is 3.47. The Labute approximate surface area is 225 Å². The van der Waals surface area contributed by atoms with Gasteiger partial charge < -0.3 is 14.7 Å². The number of amides is 1. The Hall–Kier alpha value is -3.95. The number of hydrogen-bond acceptors (Lipinski definition) is 5. The van der Waals surface area contributed by atoms with Gasteiger partial charge in [-0.2, -0.15) is 5.10 Å². The van der Waals surface area contributed by atoms with Crippen LogP contribution in [0.4, 0.5) is 13.6 Å². The number of hydrogen-bond donors (Lipinski definition) is 1. The van der Waals surface area contributed by atoms with Crippen molar-refractivity contribution < 1.29 is 23.4 Å². The van der Waals surface area contributed by atoms with Gasteiger partial charge in [0, 0.05) is 19.2 Å². The Morgan fingerprint density at radius 2 is 1.59 bits per heavy atom. The predicted octanol–water partition coefficient (Wildman–Crippen LogP) is 4.92. The van der Waals surface area contributed by atoms with Gasteiger partial charge in [-0.3, -0.25) is 0 Å². The number of piperidine rings is 1. The molecule has 0 bridgehead atoms. The summed E-state index contributed by atoms with van der Waals surface area (Å²) >= 11 is 0. The van der Waals surface area contributed by atoms with Gasteiger partial charge in [-0.25, -0.2) is 13.6 Å². The van der Waals surface area contributed by atoms with Crippen molar-refractivity contribution in [1.82, 2.24) is 19.9 Å². The SMILES string of the molecule is CCO[C@@H]1CC[C@H](Cc2ccccc2)N(C(=O)n2ncc(C(O)(c3ccc(F)cc3)c3ccc(F)cc3)n2)C1. The lowest BCUT2D eigenvalue weighted by molar-refractivity contribution is -0.00140. The molecule has 1 amide bonds. The smallest absolute Gasteiger partial charge is 0.362 e. The van der Waals surface area contributed by atoms with Crippen LogP contribution in [0, 0.1) is 11.6 Å². The van der Waals surface area contributed by atoms with E-state index in [1.807, 2.05) is 37.3 Å². The Morgan fingerprint density at radius 1 is 0.974 bits per heavy atom. The lowest BCUT2D eigenvalue weighted by Gasteiger charge is -2.39.